The molecule has 0 unspecified atom stereocenters. The smallest absolute Gasteiger partial charge is 0.163 e. The Morgan fingerprint density at radius 3 is 2.93 bits per heavy atom. The fourth-order valence-corrected chi connectivity index (χ4v) is 1.13. The zero-order chi connectivity index (χ0) is 11.3. The van der Waals surface area contributed by atoms with Gasteiger partial charge in [-0.05, 0) is 19.1 Å². The molecule has 3 heteroatoms. The van der Waals surface area contributed by atoms with E-state index in [0.29, 0.717) is 12.0 Å². The van der Waals surface area contributed by atoms with Gasteiger partial charge in [0.25, 0.3) is 0 Å². The molecule has 1 rings (SSSR count). The SMILES string of the molecule is C#CCCOc1cc(F)ccc1C(C)=O. The Balaban J connectivity index is 2.88. The molecule has 0 radical (unpaired) electrons. The lowest BCUT2D eigenvalue weighted by Crippen LogP contribution is -2.02. The number of rotatable bonds is 4. The van der Waals surface area contributed by atoms with Gasteiger partial charge in [0.05, 0.1) is 12.2 Å². The second-order valence-corrected chi connectivity index (χ2v) is 3.00. The van der Waals surface area contributed by atoms with Crippen LogP contribution in [-0.2, 0) is 0 Å². The minimum atomic E-state index is -0.435. The molecule has 0 atom stereocenters. The summed E-state index contributed by atoms with van der Waals surface area (Å²) < 4.78 is 18.1. The number of carbonyl (C=O) groups is 1. The molecule has 0 aromatic heterocycles. The molecule has 15 heavy (non-hydrogen) atoms. The maximum Gasteiger partial charge on any atom is 0.163 e. The van der Waals surface area contributed by atoms with Crippen LogP contribution in [0.2, 0.25) is 0 Å². The predicted molar refractivity (Wildman–Crippen MR) is 55.3 cm³/mol. The van der Waals surface area contributed by atoms with E-state index in [4.69, 9.17) is 11.2 Å². The van der Waals surface area contributed by atoms with E-state index in [1.54, 1.807) is 0 Å². The van der Waals surface area contributed by atoms with Gasteiger partial charge in [-0.15, -0.1) is 12.3 Å². The summed E-state index contributed by atoms with van der Waals surface area (Å²) in [5, 5.41) is 0. The normalized spacial score (nSPS) is 9.40. The number of ether oxygens (including phenoxy) is 1. The number of terminal acetylenes is 1. The molecule has 0 saturated carbocycles. The van der Waals surface area contributed by atoms with E-state index in [1.807, 2.05) is 0 Å². The van der Waals surface area contributed by atoms with Gasteiger partial charge in [-0.25, -0.2) is 4.39 Å². The first-order chi connectivity index (χ1) is 7.15. The number of hydrogen-bond donors (Lipinski definition) is 0. The van der Waals surface area contributed by atoms with Crippen molar-refractivity contribution in [2.45, 2.75) is 13.3 Å². The van der Waals surface area contributed by atoms with Crippen LogP contribution in [0.15, 0.2) is 18.2 Å². The van der Waals surface area contributed by atoms with Crippen molar-refractivity contribution >= 4 is 5.78 Å². The molecule has 0 bridgehead atoms. The zero-order valence-corrected chi connectivity index (χ0v) is 8.42. The molecule has 0 aliphatic rings. The number of ketones is 1. The highest BCUT2D eigenvalue weighted by Crippen LogP contribution is 2.20. The van der Waals surface area contributed by atoms with Crippen LogP contribution in [0, 0.1) is 18.2 Å². The van der Waals surface area contributed by atoms with E-state index in [-0.39, 0.29) is 18.1 Å². The standard InChI is InChI=1S/C12H11FO2/c1-3-4-7-15-12-8-10(13)5-6-11(12)9(2)14/h1,5-6,8H,4,7H2,2H3. The average Bonchev–Trinajstić information content (AvgIpc) is 2.18. The van der Waals surface area contributed by atoms with Crippen LogP contribution in [0.4, 0.5) is 4.39 Å². The Labute approximate surface area is 88.1 Å². The first kappa shape index (κ1) is 11.3. The summed E-state index contributed by atoms with van der Waals surface area (Å²) in [6, 6.07) is 3.82. The Bertz CT molecular complexity index is 405. The molecule has 0 aliphatic carbocycles. The van der Waals surface area contributed by atoms with Gasteiger partial charge < -0.3 is 4.74 Å². The maximum absolute atomic E-state index is 12.9. The average molecular weight is 206 g/mol. The molecule has 0 amide bonds. The molecule has 2 nitrogen and oxygen atoms in total. The van der Waals surface area contributed by atoms with Crippen LogP contribution < -0.4 is 4.74 Å². The van der Waals surface area contributed by atoms with Gasteiger partial charge in [-0.1, -0.05) is 0 Å². The van der Waals surface area contributed by atoms with Gasteiger partial charge in [0, 0.05) is 12.5 Å². The summed E-state index contributed by atoms with van der Waals surface area (Å²) in [6.07, 6.45) is 5.47. The number of halogens is 1. The fourth-order valence-electron chi connectivity index (χ4n) is 1.13. The lowest BCUT2D eigenvalue weighted by atomic mass is 10.1. The number of benzene rings is 1. The summed E-state index contributed by atoms with van der Waals surface area (Å²) in [4.78, 5) is 11.2. The van der Waals surface area contributed by atoms with Gasteiger partial charge in [-0.3, -0.25) is 4.79 Å². The number of Topliss-reactive ketones (excluding diaryl/α,β-unsaturated/α-hetero) is 1. The Kier molecular flexibility index (Phi) is 3.87. The molecule has 0 N–H and O–H groups in total. The minimum Gasteiger partial charge on any atom is -0.492 e. The molecule has 0 spiro atoms. The second kappa shape index (κ2) is 5.16. The van der Waals surface area contributed by atoms with Crippen LogP contribution in [0.25, 0.3) is 0 Å². The molecular weight excluding hydrogens is 195 g/mol. The van der Waals surface area contributed by atoms with Crippen LogP contribution in [-0.4, -0.2) is 12.4 Å². The Morgan fingerprint density at radius 1 is 1.60 bits per heavy atom. The fraction of sp³-hybridized carbons (Fsp3) is 0.250. The summed E-state index contributed by atoms with van der Waals surface area (Å²) in [7, 11) is 0. The topological polar surface area (TPSA) is 26.3 Å². The molecular formula is C12H11FO2. The van der Waals surface area contributed by atoms with Crippen molar-refractivity contribution in [3.05, 3.63) is 29.6 Å². The van der Waals surface area contributed by atoms with Gasteiger partial charge in [-0.2, -0.15) is 0 Å². The van der Waals surface area contributed by atoms with Crippen molar-refractivity contribution in [1.29, 1.82) is 0 Å². The lowest BCUT2D eigenvalue weighted by molar-refractivity contribution is 0.101. The van der Waals surface area contributed by atoms with Gasteiger partial charge in [0.2, 0.25) is 0 Å². The quantitative estimate of drug-likeness (QED) is 0.429. The van der Waals surface area contributed by atoms with Crippen molar-refractivity contribution < 1.29 is 13.9 Å². The summed E-state index contributed by atoms with van der Waals surface area (Å²) in [6.45, 7) is 1.68. The molecule has 78 valence electrons. The molecule has 1 aromatic carbocycles. The first-order valence-electron chi connectivity index (χ1n) is 4.52. The van der Waals surface area contributed by atoms with Crippen molar-refractivity contribution in [2.24, 2.45) is 0 Å². The molecule has 0 fully saturated rings. The van der Waals surface area contributed by atoms with Gasteiger partial charge in [0.15, 0.2) is 5.78 Å². The van der Waals surface area contributed by atoms with Crippen LogP contribution in [0.1, 0.15) is 23.7 Å². The Hall–Kier alpha value is -1.82. The van der Waals surface area contributed by atoms with E-state index in [9.17, 15) is 9.18 Å². The Morgan fingerprint density at radius 2 is 2.33 bits per heavy atom. The molecule has 0 saturated heterocycles. The lowest BCUT2D eigenvalue weighted by Gasteiger charge is -2.08. The third-order valence-electron chi connectivity index (χ3n) is 1.83. The first-order valence-corrected chi connectivity index (χ1v) is 4.52. The maximum atomic E-state index is 12.9. The number of carbonyl (C=O) groups excluding carboxylic acids is 1. The molecule has 0 aliphatic heterocycles. The van der Waals surface area contributed by atoms with E-state index < -0.39 is 5.82 Å². The minimum absolute atomic E-state index is 0.161. The summed E-state index contributed by atoms with van der Waals surface area (Å²) in [5.74, 6) is 2.05. The van der Waals surface area contributed by atoms with E-state index in [2.05, 4.69) is 5.92 Å². The summed E-state index contributed by atoms with van der Waals surface area (Å²) >= 11 is 0. The van der Waals surface area contributed by atoms with Crippen molar-refractivity contribution in [1.82, 2.24) is 0 Å². The summed E-state index contributed by atoms with van der Waals surface area (Å²) in [5.41, 5.74) is 0.369. The van der Waals surface area contributed by atoms with Gasteiger partial charge in [0.1, 0.15) is 11.6 Å². The number of hydrogen-bond acceptors (Lipinski definition) is 2. The second-order valence-electron chi connectivity index (χ2n) is 3.00. The van der Waals surface area contributed by atoms with E-state index in [1.165, 1.54) is 25.1 Å². The van der Waals surface area contributed by atoms with Crippen molar-refractivity contribution in [3.63, 3.8) is 0 Å². The highest BCUT2D eigenvalue weighted by molar-refractivity contribution is 5.96. The molecule has 0 heterocycles. The van der Waals surface area contributed by atoms with Crippen molar-refractivity contribution in [3.8, 4) is 18.1 Å². The third kappa shape index (κ3) is 3.10. The zero-order valence-electron chi connectivity index (χ0n) is 8.42. The highest BCUT2D eigenvalue weighted by atomic mass is 19.1. The van der Waals surface area contributed by atoms with Crippen LogP contribution in [0.5, 0.6) is 5.75 Å². The van der Waals surface area contributed by atoms with Crippen LogP contribution >= 0.6 is 0 Å². The third-order valence-corrected chi connectivity index (χ3v) is 1.83. The van der Waals surface area contributed by atoms with E-state index >= 15 is 0 Å². The van der Waals surface area contributed by atoms with Crippen LogP contribution in [0.3, 0.4) is 0 Å². The predicted octanol–water partition coefficient (Wildman–Crippen LogP) is 2.43. The van der Waals surface area contributed by atoms with Gasteiger partial charge >= 0.3 is 0 Å². The highest BCUT2D eigenvalue weighted by Gasteiger charge is 2.09. The van der Waals surface area contributed by atoms with Crippen molar-refractivity contribution in [2.75, 3.05) is 6.61 Å². The largest absolute Gasteiger partial charge is 0.492 e. The molecule has 1 aromatic rings. The van der Waals surface area contributed by atoms with E-state index in [0.717, 1.165) is 0 Å². The monoisotopic (exact) mass is 206 g/mol.